The lowest BCUT2D eigenvalue weighted by Gasteiger charge is -2.34. The Bertz CT molecular complexity index is 385. The first-order valence-electron chi connectivity index (χ1n) is 5.92. The molecule has 3 heteroatoms. The maximum atomic E-state index is 6.18. The van der Waals surface area contributed by atoms with E-state index in [1.165, 1.54) is 5.46 Å². The van der Waals surface area contributed by atoms with E-state index in [9.17, 15) is 0 Å². The van der Waals surface area contributed by atoms with Crippen LogP contribution in [0.3, 0.4) is 0 Å². The van der Waals surface area contributed by atoms with Crippen molar-refractivity contribution in [2.75, 3.05) is 0 Å². The van der Waals surface area contributed by atoms with Gasteiger partial charge in [-0.2, -0.15) is 0 Å². The van der Waals surface area contributed by atoms with Gasteiger partial charge in [-0.25, -0.2) is 0 Å². The minimum absolute atomic E-state index is 0.0607. The van der Waals surface area contributed by atoms with Gasteiger partial charge in [-0.15, -0.1) is 0 Å². The van der Waals surface area contributed by atoms with Crippen LogP contribution < -0.4 is 5.46 Å². The van der Waals surface area contributed by atoms with Crippen molar-refractivity contribution in [2.45, 2.75) is 46.5 Å². The molecule has 0 aromatic carbocycles. The average molecular weight is 217 g/mol. The SMILES string of the molecule is Cc1cc(B2CC(C)(C)C(C)(C)O2)ccn1. The summed E-state index contributed by atoms with van der Waals surface area (Å²) in [6, 6.07) is 4.19. The Morgan fingerprint density at radius 1 is 1.31 bits per heavy atom. The van der Waals surface area contributed by atoms with E-state index in [0.717, 1.165) is 12.0 Å². The number of aryl methyl sites for hydroxylation is 1. The third-order valence-electron chi connectivity index (χ3n) is 4.05. The van der Waals surface area contributed by atoms with E-state index in [1.807, 2.05) is 13.1 Å². The number of hydrogen-bond donors (Lipinski definition) is 0. The second-order valence-electron chi connectivity index (χ2n) is 5.94. The molecule has 0 bridgehead atoms. The molecule has 1 aromatic heterocycles. The van der Waals surface area contributed by atoms with Gasteiger partial charge < -0.3 is 4.65 Å². The van der Waals surface area contributed by atoms with Gasteiger partial charge in [0, 0.05) is 11.9 Å². The molecule has 1 saturated heterocycles. The van der Waals surface area contributed by atoms with Crippen molar-refractivity contribution in [3.05, 3.63) is 24.0 Å². The Kier molecular flexibility index (Phi) is 2.62. The van der Waals surface area contributed by atoms with E-state index >= 15 is 0 Å². The van der Waals surface area contributed by atoms with Crippen molar-refractivity contribution in [3.8, 4) is 0 Å². The molecule has 0 aliphatic carbocycles. The summed E-state index contributed by atoms with van der Waals surface area (Å²) in [7, 11) is 0. The summed E-state index contributed by atoms with van der Waals surface area (Å²) in [5.74, 6) is 0. The van der Waals surface area contributed by atoms with Crippen LogP contribution in [0.4, 0.5) is 0 Å². The molecule has 2 nitrogen and oxygen atoms in total. The van der Waals surface area contributed by atoms with Crippen LogP contribution in [0, 0.1) is 12.3 Å². The van der Waals surface area contributed by atoms with Crippen LogP contribution in [0.1, 0.15) is 33.4 Å². The van der Waals surface area contributed by atoms with Crippen molar-refractivity contribution < 1.29 is 4.65 Å². The standard InChI is InChI=1S/C13H20BNO/c1-10-8-11(6-7-15-10)14-9-12(2,3)13(4,5)16-14/h6-8H,9H2,1-5H3. The van der Waals surface area contributed by atoms with E-state index in [2.05, 4.69) is 44.8 Å². The van der Waals surface area contributed by atoms with E-state index in [1.54, 1.807) is 0 Å². The Balaban J connectivity index is 2.27. The Morgan fingerprint density at radius 3 is 2.50 bits per heavy atom. The second kappa shape index (κ2) is 3.59. The fourth-order valence-electron chi connectivity index (χ4n) is 2.22. The normalized spacial score (nSPS) is 22.4. The van der Waals surface area contributed by atoms with E-state index in [0.29, 0.717) is 0 Å². The molecule has 86 valence electrons. The van der Waals surface area contributed by atoms with E-state index in [-0.39, 0.29) is 17.9 Å². The quantitative estimate of drug-likeness (QED) is 0.674. The number of nitrogens with zero attached hydrogens (tertiary/aromatic N) is 1. The zero-order valence-corrected chi connectivity index (χ0v) is 10.9. The highest BCUT2D eigenvalue weighted by molar-refractivity contribution is 6.68. The lowest BCUT2D eigenvalue weighted by Crippen LogP contribution is -2.36. The molecule has 16 heavy (non-hydrogen) atoms. The number of pyridine rings is 1. The molecule has 0 N–H and O–H groups in total. The van der Waals surface area contributed by atoms with Crippen LogP contribution in [0.5, 0.6) is 0 Å². The highest BCUT2D eigenvalue weighted by Crippen LogP contribution is 2.44. The first-order chi connectivity index (χ1) is 7.32. The second-order valence-corrected chi connectivity index (χ2v) is 5.94. The monoisotopic (exact) mass is 217 g/mol. The number of hydrogen-bond acceptors (Lipinski definition) is 2. The van der Waals surface area contributed by atoms with Crippen LogP contribution >= 0.6 is 0 Å². The van der Waals surface area contributed by atoms with Crippen molar-refractivity contribution in [2.24, 2.45) is 5.41 Å². The van der Waals surface area contributed by atoms with Gasteiger partial charge in [0.25, 0.3) is 0 Å². The lowest BCUT2D eigenvalue weighted by molar-refractivity contribution is 0.0375. The summed E-state index contributed by atoms with van der Waals surface area (Å²) < 4.78 is 6.18. The molecular formula is C13H20BNO. The molecule has 1 fully saturated rings. The zero-order chi connectivity index (χ0) is 12.0. The summed E-state index contributed by atoms with van der Waals surface area (Å²) in [5, 5.41) is 0. The highest BCUT2D eigenvalue weighted by Gasteiger charge is 2.49. The predicted molar refractivity (Wildman–Crippen MR) is 68.1 cm³/mol. The summed E-state index contributed by atoms with van der Waals surface area (Å²) >= 11 is 0. The summed E-state index contributed by atoms with van der Waals surface area (Å²) in [6.45, 7) is 11.2. The molecule has 1 aromatic rings. The number of rotatable bonds is 1. The molecule has 2 rings (SSSR count). The third-order valence-corrected chi connectivity index (χ3v) is 4.05. The molecule has 0 amide bonds. The largest absolute Gasteiger partial charge is 0.426 e. The van der Waals surface area contributed by atoms with Gasteiger partial charge in [-0.3, -0.25) is 4.98 Å². The zero-order valence-electron chi connectivity index (χ0n) is 10.9. The van der Waals surface area contributed by atoms with Crippen LogP contribution in [0.2, 0.25) is 6.32 Å². The van der Waals surface area contributed by atoms with Crippen molar-refractivity contribution in [1.29, 1.82) is 0 Å². The molecule has 0 unspecified atom stereocenters. The minimum atomic E-state index is -0.0607. The molecule has 1 aliphatic heterocycles. The lowest BCUT2D eigenvalue weighted by atomic mass is 9.54. The summed E-state index contributed by atoms with van der Waals surface area (Å²) in [5.41, 5.74) is 2.47. The molecule has 0 radical (unpaired) electrons. The van der Waals surface area contributed by atoms with E-state index < -0.39 is 0 Å². The van der Waals surface area contributed by atoms with Crippen LogP contribution in [-0.2, 0) is 4.65 Å². The van der Waals surface area contributed by atoms with Gasteiger partial charge in [0.2, 0.25) is 0 Å². The first-order valence-corrected chi connectivity index (χ1v) is 5.92. The molecule has 0 spiro atoms. The molecule has 0 atom stereocenters. The third kappa shape index (κ3) is 1.89. The smallest absolute Gasteiger partial charge is 0.328 e. The molecule has 1 aliphatic rings. The van der Waals surface area contributed by atoms with E-state index in [4.69, 9.17) is 4.65 Å². The maximum absolute atomic E-state index is 6.18. The highest BCUT2D eigenvalue weighted by atomic mass is 16.5. The Morgan fingerprint density at radius 2 is 2.00 bits per heavy atom. The van der Waals surface area contributed by atoms with Gasteiger partial charge in [0.05, 0.1) is 5.60 Å². The van der Waals surface area contributed by atoms with Gasteiger partial charge in [0.15, 0.2) is 0 Å². The van der Waals surface area contributed by atoms with Crippen molar-refractivity contribution in [1.82, 2.24) is 4.98 Å². The average Bonchev–Trinajstić information content (AvgIpc) is 2.36. The molecule has 2 heterocycles. The van der Waals surface area contributed by atoms with Gasteiger partial charge in [-0.1, -0.05) is 13.8 Å². The maximum Gasteiger partial charge on any atom is 0.328 e. The predicted octanol–water partition coefficient (Wildman–Crippen LogP) is 2.42. The fourth-order valence-corrected chi connectivity index (χ4v) is 2.22. The van der Waals surface area contributed by atoms with Gasteiger partial charge in [-0.05, 0) is 50.1 Å². The van der Waals surface area contributed by atoms with Gasteiger partial charge >= 0.3 is 6.92 Å². The van der Waals surface area contributed by atoms with Crippen LogP contribution in [0.15, 0.2) is 18.3 Å². The number of aromatic nitrogens is 1. The molecule has 0 saturated carbocycles. The molecular weight excluding hydrogens is 197 g/mol. The minimum Gasteiger partial charge on any atom is -0.426 e. The summed E-state index contributed by atoms with van der Waals surface area (Å²) in [6.07, 6.45) is 2.94. The Labute approximate surface area is 98.5 Å². The van der Waals surface area contributed by atoms with Crippen LogP contribution in [0.25, 0.3) is 0 Å². The van der Waals surface area contributed by atoms with Crippen LogP contribution in [-0.4, -0.2) is 17.5 Å². The summed E-state index contributed by atoms with van der Waals surface area (Å²) in [4.78, 5) is 4.23. The Hall–Kier alpha value is -0.825. The van der Waals surface area contributed by atoms with Crippen molar-refractivity contribution in [3.63, 3.8) is 0 Å². The topological polar surface area (TPSA) is 22.1 Å². The first kappa shape index (κ1) is 11.7. The fraction of sp³-hybridized carbons (Fsp3) is 0.615. The van der Waals surface area contributed by atoms with Crippen molar-refractivity contribution >= 4 is 12.4 Å². The van der Waals surface area contributed by atoms with Gasteiger partial charge in [0.1, 0.15) is 0 Å².